The fourth-order valence-electron chi connectivity index (χ4n) is 4.80. The summed E-state index contributed by atoms with van der Waals surface area (Å²) in [6.07, 6.45) is 5.50. The van der Waals surface area contributed by atoms with Gasteiger partial charge >= 0.3 is 0 Å². The zero-order valence-electron chi connectivity index (χ0n) is 17.6. The van der Waals surface area contributed by atoms with Crippen LogP contribution in [0.5, 0.6) is 5.75 Å². The van der Waals surface area contributed by atoms with Crippen LogP contribution in [-0.4, -0.2) is 34.5 Å². The first-order valence-corrected chi connectivity index (χ1v) is 10.9. The van der Waals surface area contributed by atoms with Crippen LogP contribution in [0.3, 0.4) is 0 Å². The Kier molecular flexibility index (Phi) is 5.10. The third kappa shape index (κ3) is 3.54. The van der Waals surface area contributed by atoms with E-state index >= 15 is 0 Å². The van der Waals surface area contributed by atoms with Gasteiger partial charge in [-0.2, -0.15) is 0 Å². The van der Waals surface area contributed by atoms with Crippen LogP contribution in [0.25, 0.3) is 11.0 Å². The molecule has 2 aliphatic rings. The Balaban J connectivity index is 1.44. The van der Waals surface area contributed by atoms with E-state index < -0.39 is 6.04 Å². The molecule has 7 heteroatoms. The van der Waals surface area contributed by atoms with Crippen molar-refractivity contribution in [3.8, 4) is 5.75 Å². The molecule has 1 aliphatic carbocycles. The number of hydrogen-bond donors (Lipinski definition) is 1. The zero-order valence-corrected chi connectivity index (χ0v) is 17.6. The number of aromatic nitrogens is 2. The Morgan fingerprint density at radius 3 is 2.58 bits per heavy atom. The number of amides is 2. The Morgan fingerprint density at radius 1 is 1.10 bits per heavy atom. The highest BCUT2D eigenvalue weighted by Gasteiger charge is 2.44. The zero-order chi connectivity index (χ0) is 21.4. The average molecular weight is 418 g/mol. The first-order chi connectivity index (χ1) is 15.2. The molecule has 0 spiro atoms. The minimum Gasteiger partial charge on any atom is -0.497 e. The summed E-state index contributed by atoms with van der Waals surface area (Å²) >= 11 is 0. The van der Waals surface area contributed by atoms with Crippen LogP contribution < -0.4 is 15.0 Å². The van der Waals surface area contributed by atoms with Crippen molar-refractivity contribution in [2.75, 3.05) is 17.3 Å². The number of carbonyl (C=O) groups excluding carboxylic acids is 2. The quantitative estimate of drug-likeness (QED) is 0.670. The lowest BCUT2D eigenvalue weighted by Crippen LogP contribution is -2.41. The molecule has 2 aromatic carbocycles. The number of benzene rings is 2. The molecule has 2 heterocycles. The molecule has 5 rings (SSSR count). The topological polar surface area (TPSA) is 76.5 Å². The lowest BCUT2D eigenvalue weighted by molar-refractivity contribution is -0.125. The highest BCUT2D eigenvalue weighted by molar-refractivity contribution is 6.05. The monoisotopic (exact) mass is 418 g/mol. The van der Waals surface area contributed by atoms with Gasteiger partial charge in [0.25, 0.3) is 5.91 Å². The van der Waals surface area contributed by atoms with Gasteiger partial charge in [-0.1, -0.05) is 31.4 Å². The van der Waals surface area contributed by atoms with E-state index in [4.69, 9.17) is 9.72 Å². The molecule has 31 heavy (non-hydrogen) atoms. The molecule has 1 aliphatic heterocycles. The molecule has 0 unspecified atom stereocenters. The molecule has 1 N–H and O–H groups in total. The highest BCUT2D eigenvalue weighted by Crippen LogP contribution is 2.40. The molecular formula is C24H26N4O3. The van der Waals surface area contributed by atoms with Gasteiger partial charge in [0.05, 0.1) is 24.6 Å². The van der Waals surface area contributed by atoms with Crippen LogP contribution in [0.2, 0.25) is 0 Å². The van der Waals surface area contributed by atoms with Crippen LogP contribution in [-0.2, 0) is 9.59 Å². The normalized spacial score (nSPS) is 18.9. The molecular weight excluding hydrogens is 392 g/mol. The Morgan fingerprint density at radius 2 is 1.84 bits per heavy atom. The number of nitrogens with zero attached hydrogens (tertiary/aromatic N) is 3. The second-order valence-corrected chi connectivity index (χ2v) is 8.27. The molecule has 7 nitrogen and oxygen atoms in total. The predicted molar refractivity (Wildman–Crippen MR) is 119 cm³/mol. The largest absolute Gasteiger partial charge is 0.497 e. The molecule has 0 radical (unpaired) electrons. The third-order valence-electron chi connectivity index (χ3n) is 6.32. The van der Waals surface area contributed by atoms with Gasteiger partial charge in [0, 0.05) is 11.7 Å². The highest BCUT2D eigenvalue weighted by atomic mass is 16.5. The lowest BCUT2D eigenvalue weighted by atomic mass is 9.94. The summed E-state index contributed by atoms with van der Waals surface area (Å²) in [5, 5.41) is 2.91. The van der Waals surface area contributed by atoms with E-state index in [0.717, 1.165) is 42.5 Å². The number of imidazole rings is 1. The second kappa shape index (κ2) is 8.06. The standard InChI is InChI=1S/C24H26N4O3/c1-31-18-13-11-16(12-14-18)25-22(29)15-21-23(30)27(17-7-3-2-4-8-17)24-26-19-9-5-6-10-20(19)28(21)24/h5-6,9-14,17,21H,2-4,7-8,15H2,1H3,(H,25,29)/t21-/m0/s1. The van der Waals surface area contributed by atoms with Gasteiger partial charge < -0.3 is 10.1 Å². The van der Waals surface area contributed by atoms with E-state index in [2.05, 4.69) is 5.32 Å². The summed E-state index contributed by atoms with van der Waals surface area (Å²) in [6, 6.07) is 14.6. The SMILES string of the molecule is COc1ccc(NC(=O)C[C@H]2C(=O)N(C3CCCCC3)c3nc4ccccc4n32)cc1. The van der Waals surface area contributed by atoms with Gasteiger partial charge in [0.1, 0.15) is 11.8 Å². The summed E-state index contributed by atoms with van der Waals surface area (Å²) in [4.78, 5) is 33.0. The minimum atomic E-state index is -0.581. The summed E-state index contributed by atoms with van der Waals surface area (Å²) < 4.78 is 7.12. The first kappa shape index (κ1) is 19.6. The van der Waals surface area contributed by atoms with Crippen molar-refractivity contribution >= 4 is 34.5 Å². The molecule has 0 bridgehead atoms. The Labute approximate surface area is 181 Å². The van der Waals surface area contributed by atoms with Crippen molar-refractivity contribution in [1.82, 2.24) is 9.55 Å². The smallest absolute Gasteiger partial charge is 0.253 e. The van der Waals surface area contributed by atoms with Gasteiger partial charge in [0.15, 0.2) is 0 Å². The number of nitrogens with one attached hydrogen (secondary N) is 1. The lowest BCUT2D eigenvalue weighted by Gasteiger charge is -2.30. The summed E-state index contributed by atoms with van der Waals surface area (Å²) in [5.74, 6) is 1.18. The molecule has 0 saturated heterocycles. The van der Waals surface area contributed by atoms with Crippen LogP contribution in [0.1, 0.15) is 44.6 Å². The molecule has 3 aromatic rings. The fourth-order valence-corrected chi connectivity index (χ4v) is 4.80. The number of hydrogen-bond acceptors (Lipinski definition) is 4. The van der Waals surface area contributed by atoms with Crippen molar-refractivity contribution < 1.29 is 14.3 Å². The Hall–Kier alpha value is -3.35. The van der Waals surface area contributed by atoms with Crippen molar-refractivity contribution in [3.63, 3.8) is 0 Å². The fraction of sp³-hybridized carbons (Fsp3) is 0.375. The number of carbonyl (C=O) groups is 2. The van der Waals surface area contributed by atoms with Gasteiger partial charge in [-0.25, -0.2) is 4.98 Å². The molecule has 1 aromatic heterocycles. The van der Waals surface area contributed by atoms with Crippen molar-refractivity contribution in [1.29, 1.82) is 0 Å². The minimum absolute atomic E-state index is 0.0231. The van der Waals surface area contributed by atoms with Crippen LogP contribution in [0.15, 0.2) is 48.5 Å². The van der Waals surface area contributed by atoms with Gasteiger partial charge in [-0.3, -0.25) is 19.1 Å². The molecule has 2 amide bonds. The third-order valence-corrected chi connectivity index (χ3v) is 6.32. The molecule has 1 saturated carbocycles. The molecule has 160 valence electrons. The number of ether oxygens (including phenoxy) is 1. The molecule has 1 atom stereocenters. The van der Waals surface area contributed by atoms with Crippen molar-refractivity contribution in [2.24, 2.45) is 0 Å². The van der Waals surface area contributed by atoms with Crippen LogP contribution >= 0.6 is 0 Å². The van der Waals surface area contributed by atoms with E-state index in [9.17, 15) is 9.59 Å². The van der Waals surface area contributed by atoms with Gasteiger partial charge in [-0.15, -0.1) is 0 Å². The van der Waals surface area contributed by atoms with Crippen LogP contribution in [0, 0.1) is 0 Å². The van der Waals surface area contributed by atoms with E-state index in [1.165, 1.54) is 6.42 Å². The maximum atomic E-state index is 13.5. The first-order valence-electron chi connectivity index (χ1n) is 10.9. The maximum absolute atomic E-state index is 13.5. The summed E-state index contributed by atoms with van der Waals surface area (Å²) in [5.41, 5.74) is 2.42. The van der Waals surface area contributed by atoms with Gasteiger partial charge in [0.2, 0.25) is 11.9 Å². The van der Waals surface area contributed by atoms with E-state index in [-0.39, 0.29) is 24.3 Å². The number of para-hydroxylation sites is 2. The number of rotatable bonds is 5. The number of methoxy groups -OCH3 is 1. The van der Waals surface area contributed by atoms with E-state index in [1.807, 2.05) is 33.7 Å². The maximum Gasteiger partial charge on any atom is 0.253 e. The summed E-state index contributed by atoms with van der Waals surface area (Å²) in [7, 11) is 1.60. The number of anilines is 2. The average Bonchev–Trinajstić information content (AvgIpc) is 3.29. The van der Waals surface area contributed by atoms with Crippen molar-refractivity contribution in [2.45, 2.75) is 50.6 Å². The van der Waals surface area contributed by atoms with Crippen LogP contribution in [0.4, 0.5) is 11.6 Å². The van der Waals surface area contributed by atoms with Crippen molar-refractivity contribution in [3.05, 3.63) is 48.5 Å². The summed E-state index contributed by atoms with van der Waals surface area (Å²) in [6.45, 7) is 0. The van der Waals surface area contributed by atoms with Gasteiger partial charge in [-0.05, 0) is 49.2 Å². The Bertz CT molecular complexity index is 1120. The van der Waals surface area contributed by atoms with E-state index in [1.54, 1.807) is 31.4 Å². The second-order valence-electron chi connectivity index (χ2n) is 8.27. The molecule has 1 fully saturated rings. The van der Waals surface area contributed by atoms with E-state index in [0.29, 0.717) is 11.6 Å². The predicted octanol–water partition coefficient (Wildman–Crippen LogP) is 4.29. The number of fused-ring (bicyclic) bond motifs is 3.